The number of aryl methyl sites for hydroxylation is 4. The van der Waals surface area contributed by atoms with E-state index in [1.165, 1.54) is 31.2 Å². The van der Waals surface area contributed by atoms with Crippen molar-refractivity contribution >= 4 is 43.0 Å². The van der Waals surface area contributed by atoms with Gasteiger partial charge in [-0.1, -0.05) is 12.1 Å². The molecule has 1 unspecified atom stereocenters. The number of carbonyl (C=O) groups is 1. The van der Waals surface area contributed by atoms with Crippen LogP contribution in [-0.4, -0.2) is 35.0 Å². The molecule has 3 aromatic rings. The van der Waals surface area contributed by atoms with E-state index in [9.17, 15) is 21.6 Å². The number of rotatable bonds is 8. The maximum Gasteiger partial charge on any atom is 0.261 e. The molecule has 1 amide bonds. The molecule has 0 aliphatic rings. The third kappa shape index (κ3) is 6.44. The highest BCUT2D eigenvalue weighted by Gasteiger charge is 2.29. The molecule has 8 nitrogen and oxygen atoms in total. The van der Waals surface area contributed by atoms with Crippen LogP contribution in [0.25, 0.3) is 0 Å². The van der Waals surface area contributed by atoms with Crippen molar-refractivity contribution in [2.45, 2.75) is 45.6 Å². The molecule has 36 heavy (non-hydrogen) atoms. The first-order valence-corrected chi connectivity index (χ1v) is 14.6. The zero-order valence-electron chi connectivity index (χ0n) is 21.2. The highest BCUT2D eigenvalue weighted by molar-refractivity contribution is 7.92. The number of benzene rings is 3. The van der Waals surface area contributed by atoms with Crippen LogP contribution in [-0.2, 0) is 24.8 Å². The summed E-state index contributed by atoms with van der Waals surface area (Å²) in [5.74, 6) is -0.552. The Bertz CT molecular complexity index is 1480. The lowest BCUT2D eigenvalue weighted by Crippen LogP contribution is -2.45. The van der Waals surface area contributed by atoms with Crippen molar-refractivity contribution in [2.24, 2.45) is 0 Å². The van der Waals surface area contributed by atoms with Gasteiger partial charge in [-0.15, -0.1) is 0 Å². The summed E-state index contributed by atoms with van der Waals surface area (Å²) in [6, 6.07) is 15.2. The summed E-state index contributed by atoms with van der Waals surface area (Å²) >= 11 is 0. The quantitative estimate of drug-likeness (QED) is 0.446. The average molecular weight is 530 g/mol. The molecule has 0 aromatic heterocycles. The van der Waals surface area contributed by atoms with E-state index in [4.69, 9.17) is 0 Å². The van der Waals surface area contributed by atoms with Gasteiger partial charge in [0.1, 0.15) is 6.04 Å². The van der Waals surface area contributed by atoms with Gasteiger partial charge in [0.2, 0.25) is 15.9 Å². The molecule has 1 atom stereocenters. The summed E-state index contributed by atoms with van der Waals surface area (Å²) in [6.07, 6.45) is 1.05. The smallest absolute Gasteiger partial charge is 0.261 e. The van der Waals surface area contributed by atoms with Gasteiger partial charge in [-0.05, 0) is 105 Å². The summed E-state index contributed by atoms with van der Waals surface area (Å²) in [5, 5.41) is 2.68. The van der Waals surface area contributed by atoms with E-state index >= 15 is 0 Å². The minimum absolute atomic E-state index is 0.0276. The minimum atomic E-state index is -3.83. The Morgan fingerprint density at radius 1 is 0.778 bits per heavy atom. The van der Waals surface area contributed by atoms with Crippen LogP contribution in [0.1, 0.15) is 29.2 Å². The van der Waals surface area contributed by atoms with Gasteiger partial charge in [0.15, 0.2) is 0 Å². The van der Waals surface area contributed by atoms with E-state index in [-0.39, 0.29) is 4.90 Å². The molecular formula is C26H31N3O5S2. The summed E-state index contributed by atoms with van der Waals surface area (Å²) in [5.41, 5.74) is 4.96. The van der Waals surface area contributed by atoms with Crippen LogP contribution in [0.5, 0.6) is 0 Å². The standard InChI is InChI=1S/C26H31N3O5S2/c1-17-13-18(2)15-24(14-17)29(35(6,31)32)21(5)26(30)27-22-9-11-25(12-10-22)36(33,34)28-23-8-7-19(3)20(4)16-23/h7-16,21,28H,1-6H3,(H,27,30). The molecule has 0 aliphatic carbocycles. The number of amides is 1. The Morgan fingerprint density at radius 2 is 1.33 bits per heavy atom. The van der Waals surface area contributed by atoms with E-state index in [0.29, 0.717) is 17.1 Å². The van der Waals surface area contributed by atoms with Gasteiger partial charge in [0.05, 0.1) is 16.8 Å². The van der Waals surface area contributed by atoms with Crippen LogP contribution in [0.15, 0.2) is 65.6 Å². The molecule has 0 saturated heterocycles. The third-order valence-electron chi connectivity index (χ3n) is 5.74. The highest BCUT2D eigenvalue weighted by Crippen LogP contribution is 2.25. The third-order valence-corrected chi connectivity index (χ3v) is 8.38. The molecule has 0 bridgehead atoms. The SMILES string of the molecule is Cc1cc(C)cc(N(C(C)C(=O)Nc2ccc(S(=O)(=O)Nc3ccc(C)c(C)c3)cc2)S(C)(=O)=O)c1. The molecule has 3 aromatic carbocycles. The number of hydrogen-bond acceptors (Lipinski definition) is 5. The van der Waals surface area contributed by atoms with Crippen LogP contribution >= 0.6 is 0 Å². The number of nitrogens with one attached hydrogen (secondary N) is 2. The van der Waals surface area contributed by atoms with E-state index in [1.807, 2.05) is 39.8 Å². The van der Waals surface area contributed by atoms with Gasteiger partial charge in [0, 0.05) is 11.4 Å². The molecule has 2 N–H and O–H groups in total. The molecule has 0 radical (unpaired) electrons. The normalized spacial score (nSPS) is 12.6. The number of carbonyl (C=O) groups excluding carboxylic acids is 1. The van der Waals surface area contributed by atoms with Crippen molar-refractivity contribution in [1.82, 2.24) is 0 Å². The van der Waals surface area contributed by atoms with E-state index in [1.54, 1.807) is 24.3 Å². The number of anilines is 3. The second-order valence-electron chi connectivity index (χ2n) is 9.00. The van der Waals surface area contributed by atoms with Crippen molar-refractivity contribution < 1.29 is 21.6 Å². The monoisotopic (exact) mass is 529 g/mol. The van der Waals surface area contributed by atoms with Crippen LogP contribution < -0.4 is 14.3 Å². The lowest BCUT2D eigenvalue weighted by Gasteiger charge is -2.28. The highest BCUT2D eigenvalue weighted by atomic mass is 32.2. The van der Waals surface area contributed by atoms with Gasteiger partial charge >= 0.3 is 0 Å². The summed E-state index contributed by atoms with van der Waals surface area (Å²) in [7, 11) is -7.60. The first-order chi connectivity index (χ1) is 16.7. The fourth-order valence-electron chi connectivity index (χ4n) is 3.87. The molecule has 192 valence electrons. The summed E-state index contributed by atoms with van der Waals surface area (Å²) in [6.45, 7) is 9.05. The fourth-order valence-corrected chi connectivity index (χ4v) is 6.08. The zero-order valence-corrected chi connectivity index (χ0v) is 22.8. The minimum Gasteiger partial charge on any atom is -0.324 e. The molecule has 0 aliphatic heterocycles. The van der Waals surface area contributed by atoms with Crippen molar-refractivity contribution in [1.29, 1.82) is 0 Å². The Kier molecular flexibility index (Phi) is 7.80. The lowest BCUT2D eigenvalue weighted by atomic mass is 10.1. The van der Waals surface area contributed by atoms with Gasteiger partial charge in [-0.25, -0.2) is 16.8 Å². The molecule has 10 heteroatoms. The molecule has 0 spiro atoms. The molecule has 0 fully saturated rings. The average Bonchev–Trinajstić information content (AvgIpc) is 2.75. The largest absolute Gasteiger partial charge is 0.324 e. The molecular weight excluding hydrogens is 498 g/mol. The first-order valence-electron chi connectivity index (χ1n) is 11.3. The molecule has 0 heterocycles. The Labute approximate surface area is 213 Å². The van der Waals surface area contributed by atoms with E-state index in [2.05, 4.69) is 10.0 Å². The van der Waals surface area contributed by atoms with Crippen LogP contribution in [0.3, 0.4) is 0 Å². The summed E-state index contributed by atoms with van der Waals surface area (Å²) < 4.78 is 54.3. The lowest BCUT2D eigenvalue weighted by molar-refractivity contribution is -0.116. The Morgan fingerprint density at radius 3 is 1.86 bits per heavy atom. The Balaban J connectivity index is 1.78. The van der Waals surface area contributed by atoms with Gasteiger partial charge in [-0.2, -0.15) is 0 Å². The van der Waals surface area contributed by atoms with E-state index < -0.39 is 32.0 Å². The second kappa shape index (κ2) is 10.3. The van der Waals surface area contributed by atoms with Crippen LogP contribution in [0.4, 0.5) is 17.1 Å². The Hall–Kier alpha value is -3.37. The first kappa shape index (κ1) is 27.2. The topological polar surface area (TPSA) is 113 Å². The van der Waals surface area contributed by atoms with Crippen molar-refractivity contribution in [2.75, 3.05) is 20.6 Å². The van der Waals surface area contributed by atoms with E-state index in [0.717, 1.165) is 32.8 Å². The number of nitrogens with zero attached hydrogens (tertiary/aromatic N) is 1. The van der Waals surface area contributed by atoms with Crippen molar-refractivity contribution in [3.05, 3.63) is 82.9 Å². The number of hydrogen-bond donors (Lipinski definition) is 2. The predicted molar refractivity (Wildman–Crippen MR) is 144 cm³/mol. The molecule has 3 rings (SSSR count). The maximum atomic E-state index is 13.0. The molecule has 0 saturated carbocycles. The van der Waals surface area contributed by atoms with Gasteiger partial charge < -0.3 is 5.32 Å². The van der Waals surface area contributed by atoms with Gasteiger partial charge in [0.25, 0.3) is 10.0 Å². The second-order valence-corrected chi connectivity index (χ2v) is 12.5. The van der Waals surface area contributed by atoms with Crippen molar-refractivity contribution in [3.63, 3.8) is 0 Å². The van der Waals surface area contributed by atoms with Crippen molar-refractivity contribution in [3.8, 4) is 0 Å². The number of sulfonamides is 2. The summed E-state index contributed by atoms with van der Waals surface area (Å²) in [4.78, 5) is 13.0. The predicted octanol–water partition coefficient (Wildman–Crippen LogP) is 4.51. The van der Waals surface area contributed by atoms with Crippen LogP contribution in [0.2, 0.25) is 0 Å². The van der Waals surface area contributed by atoms with Crippen LogP contribution in [0, 0.1) is 27.7 Å². The van der Waals surface area contributed by atoms with Gasteiger partial charge in [-0.3, -0.25) is 13.8 Å². The zero-order chi connectivity index (χ0) is 26.8. The fraction of sp³-hybridized carbons (Fsp3) is 0.269. The maximum absolute atomic E-state index is 13.0.